The van der Waals surface area contributed by atoms with Crippen LogP contribution in [0, 0.1) is 5.92 Å². The molecule has 38 nitrogen and oxygen atoms in total. The standard InChI is InChI=1S/C71H110N16O22S2/c1-37(2)31-47(81-61(99)48(32-40-15-9-8-10-16-40)82-64(102)51(35-110)84-62(100)49(33-54(93)94)80-57(95)43(73)36-111-30-29-109-69(108)41-20-22-42(23-21-41)71(5,6)7)60(98)83-50(34-88)63(101)79-46(18-13-27-76-70(74)75)67(105)87-28-14-19-52(87)65(103)85-55(38(3)89)66(104)78-45(24-25-53(91)92)58(96)77-44(17-11-12-26-72)59(97)86-56(39(4)90)68(106)107/h8-10,15-16,20-23,37-39,43-52,55-56,88-90,110H,11-14,17-19,24-36,72-73H2,1-7H3,(H,77,96)(H,78,104)(H,79,101)(H,80,95)(H,81,99)(H,82,102)(H,83,98)(H,84,100)(H,85,103)(H,86,97)(H,91,92)(H,93,94)(H,106,107)(H4,74,75,76)/t38-,39-,43+,44+,45+,46+,47+,48+,49+,50+,51+,52+,55+,56+/m1/s1. The van der Waals surface area contributed by atoms with Crippen molar-refractivity contribution < 1.29 is 107 Å². The number of carboxylic acid groups (broad SMARTS) is 3. The first-order chi connectivity index (χ1) is 52.2. The first-order valence-electron chi connectivity index (χ1n) is 36.2. The number of aliphatic imine (C=N–C) groups is 1. The molecule has 0 radical (unpaired) electrons. The molecule has 14 atom stereocenters. The molecule has 11 amide bonds. The fraction of sp³-hybridized carbons (Fsp3) is 0.606. The molecular weight excluding hydrogens is 1490 g/mol. The number of thioether (sulfide) groups is 1. The van der Waals surface area contributed by atoms with Gasteiger partial charge in [-0.2, -0.15) is 24.4 Å². The summed E-state index contributed by atoms with van der Waals surface area (Å²) in [7, 11) is 0. The number of thiol groups is 1. The van der Waals surface area contributed by atoms with Crippen LogP contribution in [0.15, 0.2) is 59.6 Å². The summed E-state index contributed by atoms with van der Waals surface area (Å²) in [5, 5.41) is 84.4. The van der Waals surface area contributed by atoms with E-state index in [0.29, 0.717) is 17.5 Å². The van der Waals surface area contributed by atoms with Crippen molar-refractivity contribution in [3.05, 3.63) is 71.3 Å². The third kappa shape index (κ3) is 33.8. The topological polar surface area (TPSA) is 627 Å². The quantitative estimate of drug-likeness (QED) is 0.00978. The second-order valence-electron chi connectivity index (χ2n) is 28.1. The van der Waals surface area contributed by atoms with Crippen LogP contribution < -0.4 is 76.1 Å². The maximum Gasteiger partial charge on any atom is 0.338 e. The first kappa shape index (κ1) is 95.5. The molecule has 1 saturated heterocycles. The molecule has 111 heavy (non-hydrogen) atoms. The number of carbonyl (C=O) groups is 15. The number of likely N-dealkylation sites (tertiary alicyclic amines) is 1. The summed E-state index contributed by atoms with van der Waals surface area (Å²) in [5.74, 6) is -17.6. The lowest BCUT2D eigenvalue weighted by Gasteiger charge is -2.31. The number of hydrogen-bond acceptors (Lipinski definition) is 24. The van der Waals surface area contributed by atoms with Crippen LogP contribution in [-0.4, -0.2) is 265 Å². The van der Waals surface area contributed by atoms with Crippen LogP contribution in [0.3, 0.4) is 0 Å². The minimum Gasteiger partial charge on any atom is -0.481 e. The zero-order valence-electron chi connectivity index (χ0n) is 63.3. The second kappa shape index (κ2) is 48.1. The molecule has 0 aliphatic carbocycles. The van der Waals surface area contributed by atoms with Crippen LogP contribution in [0.4, 0.5) is 0 Å². The maximum absolute atomic E-state index is 14.7. The predicted molar refractivity (Wildman–Crippen MR) is 408 cm³/mol. The molecule has 1 aliphatic rings. The van der Waals surface area contributed by atoms with Gasteiger partial charge < -0.3 is 116 Å². The number of aliphatic hydroxyl groups is 3. The number of aliphatic carboxylic acids is 3. The minimum absolute atomic E-state index is 0.00231. The number of aliphatic hydroxyl groups excluding tert-OH is 3. The third-order valence-corrected chi connectivity index (χ3v) is 18.8. The minimum atomic E-state index is -1.91. The Morgan fingerprint density at radius 2 is 1.14 bits per heavy atom. The van der Waals surface area contributed by atoms with Crippen LogP contribution in [0.5, 0.6) is 0 Å². The zero-order chi connectivity index (χ0) is 83.4. The number of nitrogens with one attached hydrogen (secondary N) is 10. The molecule has 24 N–H and O–H groups in total. The molecule has 0 saturated carbocycles. The molecule has 40 heteroatoms. The summed E-state index contributed by atoms with van der Waals surface area (Å²) in [6.45, 7) is 10.5. The fourth-order valence-electron chi connectivity index (χ4n) is 11.2. The number of nitrogens with two attached hydrogens (primary N) is 4. The van der Waals surface area contributed by atoms with E-state index in [1.54, 1.807) is 56.3 Å². The number of carboxylic acids is 3. The summed E-state index contributed by atoms with van der Waals surface area (Å²) in [5.41, 5.74) is 24.6. The third-order valence-electron chi connectivity index (χ3n) is 17.3. The lowest BCUT2D eigenvalue weighted by atomic mass is 9.87. The number of benzene rings is 2. The number of hydrogen-bond donors (Lipinski definition) is 21. The van der Waals surface area contributed by atoms with E-state index in [9.17, 15) is 103 Å². The molecular formula is C71H110N16O22S2. The summed E-state index contributed by atoms with van der Waals surface area (Å²) in [6, 6.07) is -4.33. The van der Waals surface area contributed by atoms with Gasteiger partial charge in [0, 0.05) is 43.2 Å². The highest BCUT2D eigenvalue weighted by molar-refractivity contribution is 7.99. The van der Waals surface area contributed by atoms with E-state index in [0.717, 1.165) is 36.1 Å². The van der Waals surface area contributed by atoms with E-state index in [2.05, 4.69) is 70.8 Å². The Labute approximate surface area is 652 Å². The van der Waals surface area contributed by atoms with E-state index in [1.807, 2.05) is 32.9 Å². The Hall–Kier alpha value is -9.74. The first-order valence-corrected chi connectivity index (χ1v) is 38.0. The summed E-state index contributed by atoms with van der Waals surface area (Å²) >= 11 is 5.38. The highest BCUT2D eigenvalue weighted by atomic mass is 32.2. The van der Waals surface area contributed by atoms with Gasteiger partial charge in [0.2, 0.25) is 65.0 Å². The zero-order valence-corrected chi connectivity index (χ0v) is 65.0. The van der Waals surface area contributed by atoms with Gasteiger partial charge in [0.1, 0.15) is 67.0 Å². The van der Waals surface area contributed by atoms with Crippen molar-refractivity contribution in [3.8, 4) is 0 Å². The molecule has 3 rings (SSSR count). The lowest BCUT2D eigenvalue weighted by molar-refractivity contribution is -0.145. The van der Waals surface area contributed by atoms with Gasteiger partial charge >= 0.3 is 23.9 Å². The van der Waals surface area contributed by atoms with E-state index in [1.165, 1.54) is 0 Å². The molecule has 2 aromatic rings. The Balaban J connectivity index is 1.83. The Bertz CT molecular complexity index is 3510. The Morgan fingerprint density at radius 1 is 0.613 bits per heavy atom. The second-order valence-corrected chi connectivity index (χ2v) is 29.6. The summed E-state index contributed by atoms with van der Waals surface area (Å²) < 4.78 is 5.35. The predicted octanol–water partition coefficient (Wildman–Crippen LogP) is -4.38. The van der Waals surface area contributed by atoms with Gasteiger partial charge in [0.15, 0.2) is 12.0 Å². The van der Waals surface area contributed by atoms with Crippen molar-refractivity contribution in [1.29, 1.82) is 0 Å². The van der Waals surface area contributed by atoms with Gasteiger partial charge in [-0.25, -0.2) is 9.59 Å². The highest BCUT2D eigenvalue weighted by Crippen LogP contribution is 2.24. The van der Waals surface area contributed by atoms with E-state index >= 15 is 0 Å². The largest absolute Gasteiger partial charge is 0.481 e. The van der Waals surface area contributed by atoms with Crippen LogP contribution in [0.2, 0.25) is 0 Å². The van der Waals surface area contributed by atoms with Crippen LogP contribution in [0.1, 0.15) is 141 Å². The molecule has 1 heterocycles. The van der Waals surface area contributed by atoms with Gasteiger partial charge in [0.25, 0.3) is 0 Å². The van der Waals surface area contributed by atoms with Gasteiger partial charge in [-0.05, 0) is 113 Å². The van der Waals surface area contributed by atoms with Gasteiger partial charge in [0.05, 0.1) is 36.8 Å². The summed E-state index contributed by atoms with van der Waals surface area (Å²) in [6.07, 6.45) is -5.69. The van der Waals surface area contributed by atoms with Crippen molar-refractivity contribution in [2.24, 2.45) is 33.8 Å². The van der Waals surface area contributed by atoms with Crippen molar-refractivity contribution in [1.82, 2.24) is 58.1 Å². The monoisotopic (exact) mass is 1600 g/mol. The van der Waals surface area contributed by atoms with Gasteiger partial charge in [-0.3, -0.25) is 67.3 Å². The van der Waals surface area contributed by atoms with Crippen molar-refractivity contribution in [2.75, 3.05) is 50.1 Å². The molecule has 0 unspecified atom stereocenters. The molecule has 1 aliphatic heterocycles. The fourth-order valence-corrected chi connectivity index (χ4v) is 12.3. The molecule has 0 bridgehead atoms. The van der Waals surface area contributed by atoms with Gasteiger partial charge in [-0.15, -0.1) is 0 Å². The van der Waals surface area contributed by atoms with Crippen molar-refractivity contribution in [2.45, 2.75) is 216 Å². The number of unbranched alkanes of at least 4 members (excludes halogenated alkanes) is 1. The molecule has 618 valence electrons. The molecule has 0 spiro atoms. The maximum atomic E-state index is 14.7. The summed E-state index contributed by atoms with van der Waals surface area (Å²) in [4.78, 5) is 208. The van der Waals surface area contributed by atoms with E-state index < -0.39 is 205 Å². The molecule has 0 aromatic heterocycles. The number of rotatable bonds is 49. The van der Waals surface area contributed by atoms with Gasteiger partial charge in [-0.1, -0.05) is 77.1 Å². The normalized spacial score (nSPS) is 16.2. The molecule has 1 fully saturated rings. The lowest BCUT2D eigenvalue weighted by Crippen LogP contribution is -2.62. The van der Waals surface area contributed by atoms with Crippen LogP contribution in [0.25, 0.3) is 0 Å². The van der Waals surface area contributed by atoms with E-state index in [-0.39, 0.29) is 106 Å². The number of amides is 11. The van der Waals surface area contributed by atoms with E-state index in [4.69, 9.17) is 27.7 Å². The smallest absolute Gasteiger partial charge is 0.338 e. The number of esters is 1. The van der Waals surface area contributed by atoms with Crippen molar-refractivity contribution in [3.63, 3.8) is 0 Å². The molecule has 2 aromatic carbocycles. The average molecular weight is 1600 g/mol. The van der Waals surface area contributed by atoms with Crippen molar-refractivity contribution >= 4 is 119 Å². The number of ether oxygens (including phenoxy) is 1. The van der Waals surface area contributed by atoms with Crippen LogP contribution in [-0.2, 0) is 83.7 Å². The SMILES string of the molecule is CC(C)C[C@H](NC(=O)[C@H](Cc1ccccc1)NC(=O)[C@H](CS)NC(=O)[C@H](CC(=O)O)NC(=O)[C@@H](N)CSCCOC(=O)c1ccc(C(C)(C)C)cc1)C(=O)N[C@@H](CO)C(=O)N[C@@H](CCCN=C(N)N)C(=O)N1CCC[C@H]1C(=O)N[C@H](C(=O)N[C@@H](CCC(=O)O)C(=O)N[C@@H](CCCCN)C(=O)N[C@H](C(=O)O)[C@@H](C)O)[C@@H](C)O. The number of carbonyl (C=O) groups excluding carboxylic acids is 12. The Morgan fingerprint density at radius 3 is 1.70 bits per heavy atom. The average Bonchev–Trinajstić information content (AvgIpc) is 1.78. The Kier molecular flexibility index (Phi) is 41.4. The van der Waals surface area contributed by atoms with Crippen LogP contribution >= 0.6 is 24.4 Å². The number of nitrogens with zero attached hydrogens (tertiary/aromatic N) is 2. The highest BCUT2D eigenvalue weighted by Gasteiger charge is 2.42. The number of guanidine groups is 1.